The third-order valence-corrected chi connectivity index (χ3v) is 1.40. The monoisotopic (exact) mass is 233 g/mol. The zero-order valence-electron chi connectivity index (χ0n) is 10.6. The van der Waals surface area contributed by atoms with Crippen molar-refractivity contribution in [1.82, 2.24) is 0 Å². The van der Waals surface area contributed by atoms with Crippen molar-refractivity contribution < 1.29 is 19.4 Å². The van der Waals surface area contributed by atoms with Crippen LogP contribution >= 0.6 is 0 Å². The summed E-state index contributed by atoms with van der Waals surface area (Å²) in [6, 6.07) is 0. The minimum atomic E-state index is -0.725. The molecule has 0 spiro atoms. The van der Waals surface area contributed by atoms with E-state index in [0.717, 1.165) is 19.3 Å². The van der Waals surface area contributed by atoms with Gasteiger partial charge in [0.2, 0.25) is 0 Å². The van der Waals surface area contributed by atoms with Gasteiger partial charge < -0.3 is 15.6 Å². The summed E-state index contributed by atoms with van der Waals surface area (Å²) in [6.45, 7) is 7.34. The first-order valence-electron chi connectivity index (χ1n) is 5.39. The summed E-state index contributed by atoms with van der Waals surface area (Å²) < 4.78 is 4.58. The molecule has 0 heterocycles. The minimum absolute atomic E-state index is 0.327. The molecular formula is C11H23NO4. The number of aliphatic carboxylic acids is 1. The maximum Gasteiger partial charge on any atom is 0.405 e. The van der Waals surface area contributed by atoms with Gasteiger partial charge in [-0.1, -0.05) is 19.8 Å². The molecule has 0 aliphatic rings. The zero-order chi connectivity index (χ0) is 13.2. The number of nitrogens with two attached hydrogens (primary N) is 1. The number of amides is 1. The molecule has 0 aliphatic heterocycles. The van der Waals surface area contributed by atoms with Gasteiger partial charge in [0.25, 0.3) is 0 Å². The van der Waals surface area contributed by atoms with Crippen molar-refractivity contribution in [1.29, 1.82) is 0 Å². The lowest BCUT2D eigenvalue weighted by Gasteiger charge is -2.16. The predicted octanol–water partition coefficient (Wildman–Crippen LogP) is 2.53. The second kappa shape index (κ2) is 9.00. The molecule has 0 aromatic heterocycles. The van der Waals surface area contributed by atoms with E-state index in [2.05, 4.69) is 11.7 Å². The fraction of sp³-hybridized carbons (Fsp3) is 0.818. The summed E-state index contributed by atoms with van der Waals surface area (Å²) in [4.78, 5) is 19.9. The van der Waals surface area contributed by atoms with Gasteiger partial charge in [0.05, 0.1) is 0 Å². The molecule has 0 atom stereocenters. The molecule has 0 aromatic carbocycles. The Morgan fingerprint density at radius 3 is 1.94 bits per heavy atom. The second-order valence-electron chi connectivity index (χ2n) is 4.38. The summed E-state index contributed by atoms with van der Waals surface area (Å²) in [6.07, 6.45) is 2.55. The number of carboxylic acids is 1. The molecule has 0 radical (unpaired) electrons. The Morgan fingerprint density at radius 1 is 1.25 bits per heavy atom. The Labute approximate surface area is 97.0 Å². The Morgan fingerprint density at radius 2 is 1.75 bits per heavy atom. The van der Waals surface area contributed by atoms with Crippen molar-refractivity contribution in [2.45, 2.75) is 59.0 Å². The van der Waals surface area contributed by atoms with Crippen LogP contribution in [0.1, 0.15) is 53.4 Å². The van der Waals surface area contributed by atoms with Gasteiger partial charge in [-0.15, -0.1) is 0 Å². The highest BCUT2D eigenvalue weighted by Gasteiger charge is 2.12. The van der Waals surface area contributed by atoms with Crippen LogP contribution in [-0.2, 0) is 9.53 Å². The number of carboxylic acid groups (broad SMARTS) is 1. The summed E-state index contributed by atoms with van der Waals surface area (Å²) in [5.74, 6) is -0.682. The average molecular weight is 233 g/mol. The first kappa shape index (κ1) is 17.1. The van der Waals surface area contributed by atoms with Gasteiger partial charge in [0.1, 0.15) is 5.60 Å². The first-order chi connectivity index (χ1) is 7.19. The molecule has 0 aromatic rings. The zero-order valence-corrected chi connectivity index (χ0v) is 10.6. The van der Waals surface area contributed by atoms with Gasteiger partial charge in [0, 0.05) is 6.42 Å². The van der Waals surface area contributed by atoms with Crippen molar-refractivity contribution >= 4 is 12.1 Å². The van der Waals surface area contributed by atoms with Crippen LogP contribution in [0.15, 0.2) is 0 Å². The maximum absolute atomic E-state index is 10.0. The van der Waals surface area contributed by atoms with E-state index >= 15 is 0 Å². The van der Waals surface area contributed by atoms with Gasteiger partial charge in [-0.25, -0.2) is 4.79 Å². The number of rotatable bonds is 4. The Hall–Kier alpha value is -1.26. The standard InChI is InChI=1S/C6H12O2.C5H11NO2/c1-2-3-4-5-6(7)8;1-5(2,3)8-4(6)7/h2-5H2,1H3,(H,7,8);1-3H3,(H2,6,7). The molecule has 5 heteroatoms. The number of primary amides is 1. The number of unbranched alkanes of at least 4 members (excludes halogenated alkanes) is 2. The highest BCUT2D eigenvalue weighted by Crippen LogP contribution is 2.04. The number of carbonyl (C=O) groups excluding carboxylic acids is 1. The number of ether oxygens (including phenoxy) is 1. The molecule has 0 rings (SSSR count). The van der Waals surface area contributed by atoms with Crippen molar-refractivity contribution in [3.05, 3.63) is 0 Å². The molecule has 0 aliphatic carbocycles. The third-order valence-electron chi connectivity index (χ3n) is 1.40. The van der Waals surface area contributed by atoms with Crippen LogP contribution in [0, 0.1) is 0 Å². The van der Waals surface area contributed by atoms with Crippen LogP contribution in [0.2, 0.25) is 0 Å². The van der Waals surface area contributed by atoms with Crippen LogP contribution in [-0.4, -0.2) is 22.8 Å². The van der Waals surface area contributed by atoms with E-state index in [4.69, 9.17) is 10.8 Å². The summed E-state index contributed by atoms with van der Waals surface area (Å²) in [5.41, 5.74) is 4.26. The van der Waals surface area contributed by atoms with Gasteiger partial charge in [-0.3, -0.25) is 4.79 Å². The smallest absolute Gasteiger partial charge is 0.405 e. The molecule has 1 amide bonds. The summed E-state index contributed by atoms with van der Waals surface area (Å²) in [7, 11) is 0. The van der Waals surface area contributed by atoms with E-state index in [1.807, 2.05) is 0 Å². The van der Waals surface area contributed by atoms with Gasteiger partial charge in [-0.2, -0.15) is 0 Å². The minimum Gasteiger partial charge on any atom is -0.481 e. The predicted molar refractivity (Wildman–Crippen MR) is 62.2 cm³/mol. The molecule has 96 valence electrons. The Balaban J connectivity index is 0. The van der Waals surface area contributed by atoms with E-state index in [1.165, 1.54) is 0 Å². The molecule has 0 saturated heterocycles. The first-order valence-corrected chi connectivity index (χ1v) is 5.39. The van der Waals surface area contributed by atoms with Crippen molar-refractivity contribution in [3.63, 3.8) is 0 Å². The molecule has 16 heavy (non-hydrogen) atoms. The average Bonchev–Trinajstić information content (AvgIpc) is 2.00. The van der Waals surface area contributed by atoms with Crippen molar-refractivity contribution in [3.8, 4) is 0 Å². The fourth-order valence-electron chi connectivity index (χ4n) is 0.828. The van der Waals surface area contributed by atoms with Gasteiger partial charge in [0.15, 0.2) is 0 Å². The summed E-state index contributed by atoms with van der Waals surface area (Å²) >= 11 is 0. The van der Waals surface area contributed by atoms with E-state index in [0.29, 0.717) is 6.42 Å². The van der Waals surface area contributed by atoms with E-state index in [-0.39, 0.29) is 0 Å². The topological polar surface area (TPSA) is 89.6 Å². The highest BCUT2D eigenvalue weighted by molar-refractivity contribution is 5.66. The van der Waals surface area contributed by atoms with Gasteiger partial charge in [-0.05, 0) is 27.2 Å². The fourth-order valence-corrected chi connectivity index (χ4v) is 0.828. The van der Waals surface area contributed by atoms with Crippen LogP contribution in [0.25, 0.3) is 0 Å². The highest BCUT2D eigenvalue weighted by atomic mass is 16.6. The van der Waals surface area contributed by atoms with E-state index in [1.54, 1.807) is 20.8 Å². The molecular weight excluding hydrogens is 210 g/mol. The normalized spacial score (nSPS) is 10.0. The maximum atomic E-state index is 10.0. The molecule has 0 fully saturated rings. The lowest BCUT2D eigenvalue weighted by atomic mass is 10.2. The number of hydrogen-bond donors (Lipinski definition) is 2. The van der Waals surface area contributed by atoms with Crippen molar-refractivity contribution in [2.75, 3.05) is 0 Å². The third kappa shape index (κ3) is 23.0. The lowest BCUT2D eigenvalue weighted by molar-refractivity contribution is -0.137. The summed E-state index contributed by atoms with van der Waals surface area (Å²) in [5, 5.41) is 8.14. The number of hydrogen-bond acceptors (Lipinski definition) is 3. The van der Waals surface area contributed by atoms with Crippen LogP contribution < -0.4 is 5.73 Å². The van der Waals surface area contributed by atoms with Crippen molar-refractivity contribution in [2.24, 2.45) is 5.73 Å². The Kier molecular flexibility index (Phi) is 9.65. The largest absolute Gasteiger partial charge is 0.481 e. The molecule has 0 bridgehead atoms. The van der Waals surface area contributed by atoms with E-state index in [9.17, 15) is 9.59 Å². The van der Waals surface area contributed by atoms with Crippen LogP contribution in [0.4, 0.5) is 4.79 Å². The molecule has 0 saturated carbocycles. The molecule has 3 N–H and O–H groups in total. The molecule has 0 unspecified atom stereocenters. The van der Waals surface area contributed by atoms with Crippen LogP contribution in [0.3, 0.4) is 0 Å². The SMILES string of the molecule is CC(C)(C)OC(N)=O.CCCCCC(=O)O. The second-order valence-corrected chi connectivity index (χ2v) is 4.38. The van der Waals surface area contributed by atoms with Gasteiger partial charge >= 0.3 is 12.1 Å². The lowest BCUT2D eigenvalue weighted by Crippen LogP contribution is -2.27. The Bertz CT molecular complexity index is 209. The number of carbonyl (C=O) groups is 2. The molecule has 5 nitrogen and oxygen atoms in total. The van der Waals surface area contributed by atoms with E-state index < -0.39 is 17.7 Å². The quantitative estimate of drug-likeness (QED) is 0.730. The van der Waals surface area contributed by atoms with Crippen LogP contribution in [0.5, 0.6) is 0 Å².